The van der Waals surface area contributed by atoms with Crippen LogP contribution in [0.4, 0.5) is 0 Å². The second-order valence-corrected chi connectivity index (χ2v) is 4.97. The van der Waals surface area contributed by atoms with Crippen LogP contribution in [0.15, 0.2) is 12.7 Å². The summed E-state index contributed by atoms with van der Waals surface area (Å²) in [7, 11) is 0. The SMILES string of the molecule is C=CCCCCCCCCCCCCCC.[Na]. The Bertz CT molecular complexity index is 131. The molecule has 0 bridgehead atoms. The van der Waals surface area contributed by atoms with Crippen molar-refractivity contribution >= 4 is 29.6 Å². The van der Waals surface area contributed by atoms with E-state index in [4.69, 9.17) is 0 Å². The molecule has 0 unspecified atom stereocenters. The summed E-state index contributed by atoms with van der Waals surface area (Å²) in [6.45, 7) is 6.03. The molecule has 0 aromatic rings. The predicted molar refractivity (Wildman–Crippen MR) is 81.6 cm³/mol. The maximum Gasteiger partial charge on any atom is 0 e. The molecule has 0 saturated carbocycles. The molecule has 17 heavy (non-hydrogen) atoms. The second kappa shape index (κ2) is 19.1. The van der Waals surface area contributed by atoms with E-state index in [9.17, 15) is 0 Å². The summed E-state index contributed by atoms with van der Waals surface area (Å²) in [5.41, 5.74) is 0. The van der Waals surface area contributed by atoms with Crippen LogP contribution in [0.3, 0.4) is 0 Å². The van der Waals surface area contributed by atoms with Crippen molar-refractivity contribution in [2.24, 2.45) is 0 Å². The zero-order chi connectivity index (χ0) is 11.9. The average molecular weight is 247 g/mol. The summed E-state index contributed by atoms with van der Waals surface area (Å²) < 4.78 is 0. The molecule has 0 aliphatic carbocycles. The van der Waals surface area contributed by atoms with Crippen molar-refractivity contribution in [3.63, 3.8) is 0 Å². The summed E-state index contributed by atoms with van der Waals surface area (Å²) in [6, 6.07) is 0. The molecule has 0 N–H and O–H groups in total. The standard InChI is InChI=1S/C16H32.Na/c1-3-5-7-9-11-13-15-16-14-12-10-8-6-4-2;/h3H,1,4-16H2,2H3;. The maximum absolute atomic E-state index is 3.75. The normalized spacial score (nSPS) is 9.94. The fourth-order valence-electron chi connectivity index (χ4n) is 2.13. The van der Waals surface area contributed by atoms with Gasteiger partial charge in [0.2, 0.25) is 0 Å². The molecule has 0 spiro atoms. The minimum Gasteiger partial charge on any atom is -0.103 e. The molecule has 1 heteroatoms. The third-order valence-electron chi connectivity index (χ3n) is 3.26. The Labute approximate surface area is 132 Å². The molecule has 0 saturated heterocycles. The first kappa shape index (κ1) is 20.1. The summed E-state index contributed by atoms with van der Waals surface area (Å²) in [4.78, 5) is 0. The average Bonchev–Trinajstić information content (AvgIpc) is 2.31. The number of rotatable bonds is 13. The van der Waals surface area contributed by atoms with Crippen molar-refractivity contribution in [1.82, 2.24) is 0 Å². The van der Waals surface area contributed by atoms with Crippen molar-refractivity contribution < 1.29 is 0 Å². The molecule has 0 rings (SSSR count). The predicted octanol–water partition coefficient (Wildman–Crippen LogP) is 5.88. The van der Waals surface area contributed by atoms with Gasteiger partial charge in [-0.25, -0.2) is 0 Å². The largest absolute Gasteiger partial charge is 0.103 e. The van der Waals surface area contributed by atoms with Crippen LogP contribution in [0.25, 0.3) is 0 Å². The van der Waals surface area contributed by atoms with Crippen molar-refractivity contribution in [1.29, 1.82) is 0 Å². The van der Waals surface area contributed by atoms with E-state index >= 15 is 0 Å². The third kappa shape index (κ3) is 19.3. The monoisotopic (exact) mass is 247 g/mol. The number of hydrogen-bond acceptors (Lipinski definition) is 0. The van der Waals surface area contributed by atoms with Gasteiger partial charge in [0.15, 0.2) is 0 Å². The smallest absolute Gasteiger partial charge is 0 e. The molecule has 0 amide bonds. The van der Waals surface area contributed by atoms with Crippen LogP contribution in [-0.2, 0) is 0 Å². The van der Waals surface area contributed by atoms with E-state index in [-0.39, 0.29) is 29.6 Å². The fraction of sp³-hybridized carbons (Fsp3) is 0.875. The first-order valence-corrected chi connectivity index (χ1v) is 7.52. The van der Waals surface area contributed by atoms with E-state index in [1.54, 1.807) is 0 Å². The Morgan fingerprint density at radius 1 is 0.647 bits per heavy atom. The minimum atomic E-state index is 0. The Morgan fingerprint density at radius 3 is 1.35 bits per heavy atom. The molecule has 1 radical (unpaired) electrons. The van der Waals surface area contributed by atoms with Gasteiger partial charge >= 0.3 is 0 Å². The number of allylic oxidation sites excluding steroid dienone is 1. The Morgan fingerprint density at radius 2 is 1.00 bits per heavy atom. The van der Waals surface area contributed by atoms with Crippen molar-refractivity contribution in [3.8, 4) is 0 Å². The van der Waals surface area contributed by atoms with Crippen LogP contribution in [0.5, 0.6) is 0 Å². The van der Waals surface area contributed by atoms with Crippen LogP contribution in [-0.4, -0.2) is 29.6 Å². The first-order chi connectivity index (χ1) is 7.91. The van der Waals surface area contributed by atoms with Gasteiger partial charge in [0.1, 0.15) is 0 Å². The molecule has 97 valence electrons. The van der Waals surface area contributed by atoms with Gasteiger partial charge in [-0.1, -0.05) is 83.6 Å². The van der Waals surface area contributed by atoms with E-state index in [0.717, 1.165) is 0 Å². The molecule has 0 aliphatic rings. The summed E-state index contributed by atoms with van der Waals surface area (Å²) in [6.07, 6.45) is 20.5. The Balaban J connectivity index is 0. The van der Waals surface area contributed by atoms with E-state index in [1.165, 1.54) is 83.5 Å². The molecule has 0 aromatic heterocycles. The molecule has 0 aromatic carbocycles. The van der Waals surface area contributed by atoms with Gasteiger partial charge in [-0.05, 0) is 12.8 Å². The minimum absolute atomic E-state index is 0. The van der Waals surface area contributed by atoms with Crippen LogP contribution in [0, 0.1) is 0 Å². The molecule has 0 heterocycles. The van der Waals surface area contributed by atoms with Crippen LogP contribution < -0.4 is 0 Å². The topological polar surface area (TPSA) is 0 Å². The van der Waals surface area contributed by atoms with Crippen molar-refractivity contribution in [3.05, 3.63) is 12.7 Å². The van der Waals surface area contributed by atoms with E-state index in [0.29, 0.717) is 0 Å². The van der Waals surface area contributed by atoms with Crippen LogP contribution >= 0.6 is 0 Å². The Hall–Kier alpha value is 0.740. The van der Waals surface area contributed by atoms with Gasteiger partial charge in [0, 0.05) is 29.6 Å². The fourth-order valence-corrected chi connectivity index (χ4v) is 2.13. The zero-order valence-electron chi connectivity index (χ0n) is 12.5. The van der Waals surface area contributed by atoms with Gasteiger partial charge in [0.05, 0.1) is 0 Å². The van der Waals surface area contributed by atoms with Crippen LogP contribution in [0.2, 0.25) is 0 Å². The van der Waals surface area contributed by atoms with Gasteiger partial charge in [-0.2, -0.15) is 0 Å². The molecule has 0 atom stereocenters. The van der Waals surface area contributed by atoms with E-state index in [2.05, 4.69) is 13.5 Å². The van der Waals surface area contributed by atoms with Gasteiger partial charge in [-0.3, -0.25) is 0 Å². The molecule has 0 aliphatic heterocycles. The van der Waals surface area contributed by atoms with E-state index in [1.807, 2.05) is 6.08 Å². The van der Waals surface area contributed by atoms with Gasteiger partial charge < -0.3 is 0 Å². The Kier molecular flexibility index (Phi) is 22.5. The van der Waals surface area contributed by atoms with Crippen molar-refractivity contribution in [2.45, 2.75) is 90.4 Å². The number of hydrogen-bond donors (Lipinski definition) is 0. The molecule has 0 nitrogen and oxygen atoms in total. The quantitative estimate of drug-likeness (QED) is 0.216. The molecular weight excluding hydrogens is 215 g/mol. The molecule has 0 fully saturated rings. The molecular formula is C16H32Na. The number of unbranched alkanes of at least 4 members (excludes halogenated alkanes) is 12. The third-order valence-corrected chi connectivity index (χ3v) is 3.26. The first-order valence-electron chi connectivity index (χ1n) is 7.52. The van der Waals surface area contributed by atoms with Crippen molar-refractivity contribution in [2.75, 3.05) is 0 Å². The van der Waals surface area contributed by atoms with Gasteiger partial charge in [-0.15, -0.1) is 6.58 Å². The maximum atomic E-state index is 3.75. The van der Waals surface area contributed by atoms with E-state index < -0.39 is 0 Å². The summed E-state index contributed by atoms with van der Waals surface area (Å²) in [5.74, 6) is 0. The van der Waals surface area contributed by atoms with Gasteiger partial charge in [0.25, 0.3) is 0 Å². The van der Waals surface area contributed by atoms with Crippen LogP contribution in [0.1, 0.15) is 90.4 Å². The summed E-state index contributed by atoms with van der Waals surface area (Å²) in [5, 5.41) is 0. The second-order valence-electron chi connectivity index (χ2n) is 4.97. The zero-order valence-corrected chi connectivity index (χ0v) is 14.5. The summed E-state index contributed by atoms with van der Waals surface area (Å²) >= 11 is 0.